The lowest BCUT2D eigenvalue weighted by Gasteiger charge is -2.25. The molecule has 0 aromatic heterocycles. The molecule has 0 aliphatic carbocycles. The smallest absolute Gasteiger partial charge is 0.165 e. The van der Waals surface area contributed by atoms with Crippen molar-refractivity contribution in [3.63, 3.8) is 0 Å². The molecule has 104 valence electrons. The monoisotopic (exact) mass is 273 g/mol. The number of halogens is 1. The van der Waals surface area contributed by atoms with Crippen LogP contribution in [-0.4, -0.2) is 19.8 Å². The molecule has 1 aromatic carbocycles. The lowest BCUT2D eigenvalue weighted by molar-refractivity contribution is 0.341. The number of benzene rings is 1. The average molecular weight is 274 g/mol. The third-order valence-corrected chi connectivity index (χ3v) is 3.13. The van der Waals surface area contributed by atoms with Gasteiger partial charge in [0.2, 0.25) is 0 Å². The van der Waals surface area contributed by atoms with Crippen LogP contribution < -0.4 is 14.8 Å². The molecule has 0 spiro atoms. The van der Waals surface area contributed by atoms with Crippen LogP contribution in [0.2, 0.25) is 0 Å². The summed E-state index contributed by atoms with van der Waals surface area (Å²) in [7, 11) is 3.33. The minimum atomic E-state index is 0. The van der Waals surface area contributed by atoms with Gasteiger partial charge < -0.3 is 14.8 Å². The fourth-order valence-electron chi connectivity index (χ4n) is 1.55. The summed E-state index contributed by atoms with van der Waals surface area (Å²) >= 11 is 0. The topological polar surface area (TPSA) is 30.5 Å². The van der Waals surface area contributed by atoms with Crippen LogP contribution in [0.5, 0.6) is 11.5 Å². The second-order valence-corrected chi connectivity index (χ2v) is 4.74. The molecule has 1 rings (SSSR count). The van der Waals surface area contributed by atoms with Gasteiger partial charge in [0.15, 0.2) is 11.5 Å². The van der Waals surface area contributed by atoms with Gasteiger partial charge >= 0.3 is 0 Å². The number of para-hydroxylation sites is 1. The normalized spacial score (nSPS) is 10.7. The first-order chi connectivity index (χ1) is 8.04. The maximum absolute atomic E-state index is 5.40. The molecule has 0 radical (unpaired) electrons. The zero-order valence-corrected chi connectivity index (χ0v) is 12.7. The van der Waals surface area contributed by atoms with Gasteiger partial charge in [-0.2, -0.15) is 0 Å². The van der Waals surface area contributed by atoms with Crippen molar-refractivity contribution in [3.05, 3.63) is 23.8 Å². The van der Waals surface area contributed by atoms with E-state index in [1.807, 2.05) is 12.1 Å². The van der Waals surface area contributed by atoms with Crippen LogP contribution in [-0.2, 0) is 6.54 Å². The molecule has 1 N–H and O–H groups in total. The fraction of sp³-hybridized carbons (Fsp3) is 0.571. The maximum atomic E-state index is 5.40. The van der Waals surface area contributed by atoms with E-state index in [1.165, 1.54) is 0 Å². The first-order valence-corrected chi connectivity index (χ1v) is 5.99. The number of rotatable bonds is 6. The van der Waals surface area contributed by atoms with Gasteiger partial charge in [-0.05, 0) is 26.3 Å². The molecule has 18 heavy (non-hydrogen) atoms. The highest BCUT2D eigenvalue weighted by molar-refractivity contribution is 5.85. The molecule has 0 atom stereocenters. The predicted molar refractivity (Wildman–Crippen MR) is 78.0 cm³/mol. The number of methoxy groups -OCH3 is 2. The van der Waals surface area contributed by atoms with E-state index in [4.69, 9.17) is 9.47 Å². The highest BCUT2D eigenvalue weighted by Crippen LogP contribution is 2.30. The SMILES string of the molecule is CCC(C)(C)NCc1cccc(OC)c1OC.Cl. The molecule has 0 aliphatic heterocycles. The zero-order valence-electron chi connectivity index (χ0n) is 11.9. The molecule has 0 bridgehead atoms. The van der Waals surface area contributed by atoms with Crippen LogP contribution >= 0.6 is 12.4 Å². The summed E-state index contributed by atoms with van der Waals surface area (Å²) in [6.45, 7) is 7.34. The Labute approximate surface area is 116 Å². The van der Waals surface area contributed by atoms with Gasteiger partial charge in [-0.15, -0.1) is 12.4 Å². The van der Waals surface area contributed by atoms with E-state index in [0.717, 1.165) is 30.0 Å². The fourth-order valence-corrected chi connectivity index (χ4v) is 1.55. The summed E-state index contributed by atoms with van der Waals surface area (Å²) < 4.78 is 10.7. The van der Waals surface area contributed by atoms with Crippen LogP contribution in [0.4, 0.5) is 0 Å². The minimum Gasteiger partial charge on any atom is -0.493 e. The van der Waals surface area contributed by atoms with Crippen LogP contribution in [0.25, 0.3) is 0 Å². The standard InChI is InChI=1S/C14H23NO2.ClH/c1-6-14(2,3)15-10-11-8-7-9-12(16-4)13(11)17-5;/h7-9,15H,6,10H2,1-5H3;1H. The van der Waals surface area contributed by atoms with Crippen molar-refractivity contribution in [2.45, 2.75) is 39.3 Å². The van der Waals surface area contributed by atoms with E-state index >= 15 is 0 Å². The second kappa shape index (κ2) is 7.49. The van der Waals surface area contributed by atoms with Crippen LogP contribution in [0.1, 0.15) is 32.8 Å². The van der Waals surface area contributed by atoms with E-state index in [2.05, 4.69) is 32.2 Å². The van der Waals surface area contributed by atoms with Gasteiger partial charge in [-0.25, -0.2) is 0 Å². The van der Waals surface area contributed by atoms with Crippen molar-refractivity contribution in [1.29, 1.82) is 0 Å². The van der Waals surface area contributed by atoms with Gasteiger partial charge in [-0.1, -0.05) is 19.1 Å². The van der Waals surface area contributed by atoms with Gasteiger partial charge in [-0.3, -0.25) is 0 Å². The van der Waals surface area contributed by atoms with E-state index in [-0.39, 0.29) is 17.9 Å². The number of hydrogen-bond donors (Lipinski definition) is 1. The Morgan fingerprint density at radius 1 is 1.17 bits per heavy atom. The van der Waals surface area contributed by atoms with E-state index in [9.17, 15) is 0 Å². The van der Waals surface area contributed by atoms with Crippen molar-refractivity contribution in [1.82, 2.24) is 5.32 Å². The Balaban J connectivity index is 0.00000289. The third-order valence-electron chi connectivity index (χ3n) is 3.13. The highest BCUT2D eigenvalue weighted by atomic mass is 35.5. The molecule has 0 amide bonds. The molecule has 1 aromatic rings. The van der Waals surface area contributed by atoms with Gasteiger partial charge in [0.25, 0.3) is 0 Å². The minimum absolute atomic E-state index is 0. The van der Waals surface area contributed by atoms with E-state index in [1.54, 1.807) is 14.2 Å². The van der Waals surface area contributed by atoms with Crippen LogP contribution in [0.3, 0.4) is 0 Å². The quantitative estimate of drug-likeness (QED) is 0.862. The molecule has 3 nitrogen and oxygen atoms in total. The summed E-state index contributed by atoms with van der Waals surface area (Å²) in [5.41, 5.74) is 1.25. The third kappa shape index (κ3) is 4.39. The summed E-state index contributed by atoms with van der Waals surface area (Å²) in [5.74, 6) is 1.59. The van der Waals surface area contributed by atoms with Gasteiger partial charge in [0.05, 0.1) is 14.2 Å². The molecule has 4 heteroatoms. The Morgan fingerprint density at radius 3 is 2.33 bits per heavy atom. The van der Waals surface area contributed by atoms with Gasteiger partial charge in [0.1, 0.15) is 0 Å². The molecule has 0 heterocycles. The number of ether oxygens (including phenoxy) is 2. The molecule has 0 saturated heterocycles. The van der Waals surface area contributed by atoms with Crippen molar-refractivity contribution < 1.29 is 9.47 Å². The first kappa shape index (κ1) is 17.1. The summed E-state index contributed by atoms with van der Waals surface area (Å²) in [6, 6.07) is 5.95. The molecule has 0 unspecified atom stereocenters. The van der Waals surface area contributed by atoms with Crippen LogP contribution in [0, 0.1) is 0 Å². The first-order valence-electron chi connectivity index (χ1n) is 5.99. The Kier molecular flexibility index (Phi) is 7.11. The van der Waals surface area contributed by atoms with E-state index < -0.39 is 0 Å². The summed E-state index contributed by atoms with van der Waals surface area (Å²) in [6.07, 6.45) is 1.08. The number of hydrogen-bond acceptors (Lipinski definition) is 3. The molecular formula is C14H24ClNO2. The lowest BCUT2D eigenvalue weighted by atomic mass is 10.0. The summed E-state index contributed by atoms with van der Waals surface area (Å²) in [5, 5.41) is 3.52. The molecule has 0 fully saturated rings. The Morgan fingerprint density at radius 2 is 1.83 bits per heavy atom. The highest BCUT2D eigenvalue weighted by Gasteiger charge is 2.16. The Hall–Kier alpha value is -0.930. The second-order valence-electron chi connectivity index (χ2n) is 4.74. The van der Waals surface area contributed by atoms with Crippen molar-refractivity contribution >= 4 is 12.4 Å². The molecule has 0 aliphatic rings. The van der Waals surface area contributed by atoms with Gasteiger partial charge in [0, 0.05) is 17.6 Å². The average Bonchev–Trinajstić information content (AvgIpc) is 2.35. The molecule has 0 saturated carbocycles. The Bertz CT molecular complexity index is 367. The van der Waals surface area contributed by atoms with Crippen molar-refractivity contribution in [3.8, 4) is 11.5 Å². The zero-order chi connectivity index (χ0) is 12.9. The number of nitrogens with one attached hydrogen (secondary N) is 1. The van der Waals surface area contributed by atoms with Crippen molar-refractivity contribution in [2.24, 2.45) is 0 Å². The predicted octanol–water partition coefficient (Wildman–Crippen LogP) is 3.40. The van der Waals surface area contributed by atoms with E-state index in [0.29, 0.717) is 0 Å². The van der Waals surface area contributed by atoms with Crippen molar-refractivity contribution in [2.75, 3.05) is 14.2 Å². The maximum Gasteiger partial charge on any atom is 0.165 e. The largest absolute Gasteiger partial charge is 0.493 e. The van der Waals surface area contributed by atoms with Crippen LogP contribution in [0.15, 0.2) is 18.2 Å². The molecular weight excluding hydrogens is 250 g/mol. The lowest BCUT2D eigenvalue weighted by Crippen LogP contribution is -2.37. The summed E-state index contributed by atoms with van der Waals surface area (Å²) in [4.78, 5) is 0.